The molecule has 0 atom stereocenters. The third-order valence-corrected chi connectivity index (χ3v) is 5.22. The van der Waals surface area contributed by atoms with Crippen LogP contribution in [0.15, 0.2) is 65.1 Å². The molecule has 3 aromatic carbocycles. The van der Waals surface area contributed by atoms with Gasteiger partial charge in [-0.15, -0.1) is 0 Å². The summed E-state index contributed by atoms with van der Waals surface area (Å²) in [6, 6.07) is 21.5. The van der Waals surface area contributed by atoms with Crippen molar-refractivity contribution < 1.29 is 4.42 Å². The van der Waals surface area contributed by atoms with E-state index in [9.17, 15) is 0 Å². The average Bonchev–Trinajstić information content (AvgIpc) is 2.94. The Balaban J connectivity index is 2.00. The molecular formula is C23H22O. The van der Waals surface area contributed by atoms with Crippen LogP contribution in [0.25, 0.3) is 21.9 Å². The van der Waals surface area contributed by atoms with Crippen molar-refractivity contribution in [3.63, 3.8) is 0 Å². The molecule has 1 heterocycles. The van der Waals surface area contributed by atoms with Gasteiger partial charge in [-0.1, -0.05) is 67.9 Å². The van der Waals surface area contributed by atoms with Crippen LogP contribution in [0.5, 0.6) is 0 Å². The molecule has 0 radical (unpaired) electrons. The summed E-state index contributed by atoms with van der Waals surface area (Å²) in [5.74, 6) is 0. The number of hydrogen-bond acceptors (Lipinski definition) is 1. The molecule has 120 valence electrons. The highest BCUT2D eigenvalue weighted by atomic mass is 16.3. The number of furan rings is 1. The first kappa shape index (κ1) is 15.0. The van der Waals surface area contributed by atoms with Crippen molar-refractivity contribution in [1.29, 1.82) is 0 Å². The number of para-hydroxylation sites is 1. The molecule has 0 N–H and O–H groups in total. The minimum absolute atomic E-state index is 0.0529. The van der Waals surface area contributed by atoms with Crippen molar-refractivity contribution in [2.24, 2.45) is 0 Å². The van der Waals surface area contributed by atoms with Gasteiger partial charge in [-0.25, -0.2) is 0 Å². The van der Waals surface area contributed by atoms with Gasteiger partial charge in [0.15, 0.2) is 0 Å². The third kappa shape index (κ3) is 2.16. The molecule has 0 fully saturated rings. The molecule has 0 bridgehead atoms. The van der Waals surface area contributed by atoms with Crippen LogP contribution in [0.4, 0.5) is 0 Å². The van der Waals surface area contributed by atoms with Crippen LogP contribution < -0.4 is 0 Å². The molecule has 0 saturated carbocycles. The lowest BCUT2D eigenvalue weighted by Gasteiger charge is -2.28. The van der Waals surface area contributed by atoms with Crippen molar-refractivity contribution in [3.05, 3.63) is 82.9 Å². The molecule has 0 saturated heterocycles. The highest BCUT2D eigenvalue weighted by Crippen LogP contribution is 2.39. The summed E-state index contributed by atoms with van der Waals surface area (Å²) in [4.78, 5) is 0. The predicted octanol–water partition coefficient (Wildman–Crippen LogP) is 6.53. The Labute approximate surface area is 142 Å². The van der Waals surface area contributed by atoms with Gasteiger partial charge in [-0.05, 0) is 42.7 Å². The molecule has 0 aliphatic heterocycles. The Kier molecular flexibility index (Phi) is 3.28. The van der Waals surface area contributed by atoms with Gasteiger partial charge in [0.1, 0.15) is 11.2 Å². The smallest absolute Gasteiger partial charge is 0.135 e. The zero-order valence-corrected chi connectivity index (χ0v) is 14.7. The maximum Gasteiger partial charge on any atom is 0.135 e. The molecule has 0 aliphatic rings. The number of fused-ring (bicyclic) bond motifs is 3. The number of hydrogen-bond donors (Lipinski definition) is 0. The Bertz CT molecular complexity index is 1050. The summed E-state index contributed by atoms with van der Waals surface area (Å²) in [6.45, 7) is 8.98. The van der Waals surface area contributed by atoms with E-state index in [0.717, 1.165) is 11.2 Å². The highest BCUT2D eigenvalue weighted by Gasteiger charge is 2.26. The van der Waals surface area contributed by atoms with Crippen LogP contribution in [-0.2, 0) is 5.41 Å². The second kappa shape index (κ2) is 5.24. The largest absolute Gasteiger partial charge is 0.456 e. The zero-order valence-electron chi connectivity index (χ0n) is 14.7. The standard InChI is InChI=1S/C23H22O/c1-15-8-7-9-17(14-15)23(3,4)19-12-13-21-22(16(19)2)18-10-5-6-11-20(18)24-21/h5-14H,1-4H3. The van der Waals surface area contributed by atoms with Gasteiger partial charge in [0.2, 0.25) is 0 Å². The van der Waals surface area contributed by atoms with Gasteiger partial charge in [0.25, 0.3) is 0 Å². The SMILES string of the molecule is Cc1cccc(C(C)(C)c2ccc3oc4ccccc4c3c2C)c1. The third-order valence-electron chi connectivity index (χ3n) is 5.22. The topological polar surface area (TPSA) is 13.1 Å². The van der Waals surface area contributed by atoms with Crippen molar-refractivity contribution in [2.75, 3.05) is 0 Å². The van der Waals surface area contributed by atoms with E-state index < -0.39 is 0 Å². The van der Waals surface area contributed by atoms with E-state index in [-0.39, 0.29) is 5.41 Å². The van der Waals surface area contributed by atoms with E-state index in [0.29, 0.717) is 0 Å². The monoisotopic (exact) mass is 314 g/mol. The fourth-order valence-electron chi connectivity index (χ4n) is 3.85. The molecule has 0 amide bonds. The Morgan fingerprint density at radius 2 is 1.58 bits per heavy atom. The summed E-state index contributed by atoms with van der Waals surface area (Å²) in [6.07, 6.45) is 0. The van der Waals surface area contributed by atoms with Crippen LogP contribution in [0.1, 0.15) is 36.1 Å². The molecule has 0 unspecified atom stereocenters. The Morgan fingerprint density at radius 3 is 2.38 bits per heavy atom. The molecule has 1 nitrogen and oxygen atoms in total. The van der Waals surface area contributed by atoms with Gasteiger partial charge in [-0.3, -0.25) is 0 Å². The number of aryl methyl sites for hydroxylation is 2. The lowest BCUT2D eigenvalue weighted by molar-refractivity contribution is 0.634. The highest BCUT2D eigenvalue weighted by molar-refractivity contribution is 6.07. The molecule has 1 heteroatoms. The first-order valence-corrected chi connectivity index (χ1v) is 8.47. The fraction of sp³-hybridized carbons (Fsp3) is 0.217. The van der Waals surface area contributed by atoms with Gasteiger partial charge in [0, 0.05) is 16.2 Å². The van der Waals surface area contributed by atoms with Gasteiger partial charge in [-0.2, -0.15) is 0 Å². The summed E-state index contributed by atoms with van der Waals surface area (Å²) in [5, 5.41) is 2.44. The van der Waals surface area contributed by atoms with E-state index in [1.165, 1.54) is 33.0 Å². The predicted molar refractivity (Wildman–Crippen MR) is 102 cm³/mol. The van der Waals surface area contributed by atoms with Crippen LogP contribution in [0.3, 0.4) is 0 Å². The van der Waals surface area contributed by atoms with Gasteiger partial charge in [0.05, 0.1) is 0 Å². The molecule has 4 aromatic rings. The molecule has 24 heavy (non-hydrogen) atoms. The van der Waals surface area contributed by atoms with Crippen LogP contribution in [-0.4, -0.2) is 0 Å². The lowest BCUT2D eigenvalue weighted by Crippen LogP contribution is -2.20. The van der Waals surface area contributed by atoms with E-state index in [1.54, 1.807) is 0 Å². The molecule has 0 aliphatic carbocycles. The van der Waals surface area contributed by atoms with E-state index >= 15 is 0 Å². The Hall–Kier alpha value is -2.54. The minimum Gasteiger partial charge on any atom is -0.456 e. The fourth-order valence-corrected chi connectivity index (χ4v) is 3.85. The second-order valence-corrected chi connectivity index (χ2v) is 7.20. The first-order chi connectivity index (χ1) is 11.5. The van der Waals surface area contributed by atoms with Gasteiger partial charge < -0.3 is 4.42 Å². The Morgan fingerprint density at radius 1 is 0.792 bits per heavy atom. The average molecular weight is 314 g/mol. The lowest BCUT2D eigenvalue weighted by atomic mass is 9.75. The zero-order chi connectivity index (χ0) is 16.9. The maximum atomic E-state index is 6.03. The van der Waals surface area contributed by atoms with Crippen LogP contribution in [0, 0.1) is 13.8 Å². The molecule has 0 spiro atoms. The molecular weight excluding hydrogens is 292 g/mol. The molecule has 4 rings (SSSR count). The summed E-state index contributed by atoms with van der Waals surface area (Å²) in [5.41, 5.74) is 7.18. The van der Waals surface area contributed by atoms with Crippen LogP contribution >= 0.6 is 0 Å². The quantitative estimate of drug-likeness (QED) is 0.410. The maximum absolute atomic E-state index is 6.03. The van der Waals surface area contributed by atoms with Crippen LogP contribution in [0.2, 0.25) is 0 Å². The summed E-state index contributed by atoms with van der Waals surface area (Å²) >= 11 is 0. The normalized spacial score (nSPS) is 12.2. The summed E-state index contributed by atoms with van der Waals surface area (Å²) in [7, 11) is 0. The van der Waals surface area contributed by atoms with E-state index in [1.807, 2.05) is 12.1 Å². The van der Waals surface area contributed by atoms with Crippen molar-refractivity contribution in [2.45, 2.75) is 33.1 Å². The van der Waals surface area contributed by atoms with Crippen molar-refractivity contribution >= 4 is 21.9 Å². The van der Waals surface area contributed by atoms with E-state index in [2.05, 4.69) is 76.2 Å². The number of benzene rings is 3. The first-order valence-electron chi connectivity index (χ1n) is 8.47. The number of rotatable bonds is 2. The van der Waals surface area contributed by atoms with Gasteiger partial charge >= 0.3 is 0 Å². The van der Waals surface area contributed by atoms with Crippen molar-refractivity contribution in [1.82, 2.24) is 0 Å². The van der Waals surface area contributed by atoms with Crippen molar-refractivity contribution in [3.8, 4) is 0 Å². The minimum atomic E-state index is -0.0529. The summed E-state index contributed by atoms with van der Waals surface area (Å²) < 4.78 is 6.03. The molecule has 1 aromatic heterocycles. The second-order valence-electron chi connectivity index (χ2n) is 7.20. The van der Waals surface area contributed by atoms with E-state index in [4.69, 9.17) is 4.42 Å².